The first-order chi connectivity index (χ1) is 9.08. The fourth-order valence-corrected chi connectivity index (χ4v) is 2.12. The second-order valence-electron chi connectivity index (χ2n) is 5.04. The molecule has 0 heterocycles. The molecular formula is C17H18O2. The molecule has 0 unspecified atom stereocenters. The van der Waals surface area contributed by atoms with Crippen LogP contribution in [0.2, 0.25) is 0 Å². The summed E-state index contributed by atoms with van der Waals surface area (Å²) in [6.07, 6.45) is 0.654. The molecule has 0 bridgehead atoms. The second kappa shape index (κ2) is 5.70. The van der Waals surface area contributed by atoms with Gasteiger partial charge in [0, 0.05) is 0 Å². The van der Waals surface area contributed by atoms with Crippen molar-refractivity contribution in [2.75, 3.05) is 0 Å². The number of carboxylic acid groups (broad SMARTS) is 1. The van der Waals surface area contributed by atoms with Gasteiger partial charge < -0.3 is 5.11 Å². The lowest BCUT2D eigenvalue weighted by Gasteiger charge is -2.08. The maximum Gasteiger partial charge on any atom is 0.335 e. The maximum absolute atomic E-state index is 11.2. The van der Waals surface area contributed by atoms with Crippen molar-refractivity contribution in [3.05, 3.63) is 70.8 Å². The van der Waals surface area contributed by atoms with E-state index in [2.05, 4.69) is 38.1 Å². The van der Waals surface area contributed by atoms with Crippen LogP contribution in [-0.2, 0) is 6.42 Å². The number of benzene rings is 2. The molecule has 0 spiro atoms. The average molecular weight is 254 g/mol. The van der Waals surface area contributed by atoms with Crippen LogP contribution in [-0.4, -0.2) is 11.1 Å². The average Bonchev–Trinajstić information content (AvgIpc) is 2.39. The molecule has 2 aromatic rings. The smallest absolute Gasteiger partial charge is 0.335 e. The van der Waals surface area contributed by atoms with Gasteiger partial charge in [-0.3, -0.25) is 0 Å². The monoisotopic (exact) mass is 254 g/mol. The van der Waals surface area contributed by atoms with Gasteiger partial charge in [-0.05, 0) is 35.1 Å². The summed E-state index contributed by atoms with van der Waals surface area (Å²) < 4.78 is 0. The molecular weight excluding hydrogens is 236 g/mol. The van der Waals surface area contributed by atoms with Crippen molar-refractivity contribution < 1.29 is 9.90 Å². The highest BCUT2D eigenvalue weighted by molar-refractivity contribution is 5.89. The van der Waals surface area contributed by atoms with E-state index in [4.69, 9.17) is 5.11 Å². The Hall–Kier alpha value is -2.09. The highest BCUT2D eigenvalue weighted by Crippen LogP contribution is 2.18. The Kier molecular flexibility index (Phi) is 4.00. The van der Waals surface area contributed by atoms with Gasteiger partial charge in [0.05, 0.1) is 5.56 Å². The lowest BCUT2D eigenvalue weighted by Crippen LogP contribution is -2.02. The van der Waals surface area contributed by atoms with Gasteiger partial charge >= 0.3 is 5.97 Å². The molecule has 1 N–H and O–H groups in total. The van der Waals surface area contributed by atoms with Gasteiger partial charge in [0.2, 0.25) is 0 Å². The van der Waals surface area contributed by atoms with Gasteiger partial charge in [0.1, 0.15) is 0 Å². The largest absolute Gasteiger partial charge is 0.478 e. The topological polar surface area (TPSA) is 37.3 Å². The van der Waals surface area contributed by atoms with Gasteiger partial charge in [0.15, 0.2) is 0 Å². The SMILES string of the molecule is CC(C)c1ccc(Cc2ccccc2C(=O)O)cc1. The molecule has 98 valence electrons. The number of hydrogen-bond donors (Lipinski definition) is 1. The molecule has 0 aliphatic heterocycles. The molecule has 0 amide bonds. The quantitative estimate of drug-likeness (QED) is 0.891. The van der Waals surface area contributed by atoms with Crippen LogP contribution >= 0.6 is 0 Å². The zero-order valence-electron chi connectivity index (χ0n) is 11.3. The predicted molar refractivity (Wildman–Crippen MR) is 76.7 cm³/mol. The van der Waals surface area contributed by atoms with E-state index in [9.17, 15) is 4.79 Å². The van der Waals surface area contributed by atoms with Crippen molar-refractivity contribution in [2.45, 2.75) is 26.2 Å². The van der Waals surface area contributed by atoms with E-state index in [-0.39, 0.29) is 0 Å². The molecule has 0 fully saturated rings. The second-order valence-corrected chi connectivity index (χ2v) is 5.04. The lowest BCUT2D eigenvalue weighted by atomic mass is 9.97. The molecule has 0 radical (unpaired) electrons. The van der Waals surface area contributed by atoms with Gasteiger partial charge in [0.25, 0.3) is 0 Å². The van der Waals surface area contributed by atoms with Gasteiger partial charge in [-0.25, -0.2) is 4.79 Å². The fourth-order valence-electron chi connectivity index (χ4n) is 2.12. The number of hydrogen-bond acceptors (Lipinski definition) is 1. The van der Waals surface area contributed by atoms with Crippen molar-refractivity contribution in [1.29, 1.82) is 0 Å². The van der Waals surface area contributed by atoms with Crippen LogP contribution in [0.5, 0.6) is 0 Å². The zero-order chi connectivity index (χ0) is 13.8. The van der Waals surface area contributed by atoms with Crippen LogP contribution in [0.3, 0.4) is 0 Å². The minimum atomic E-state index is -0.866. The van der Waals surface area contributed by atoms with Crippen LogP contribution in [0.25, 0.3) is 0 Å². The minimum Gasteiger partial charge on any atom is -0.478 e. The number of carboxylic acids is 1. The molecule has 2 heteroatoms. The van der Waals surface area contributed by atoms with E-state index in [1.807, 2.05) is 12.1 Å². The Morgan fingerprint density at radius 1 is 1.05 bits per heavy atom. The summed E-state index contributed by atoms with van der Waals surface area (Å²) in [4.78, 5) is 11.2. The Morgan fingerprint density at radius 3 is 2.26 bits per heavy atom. The fraction of sp³-hybridized carbons (Fsp3) is 0.235. The Morgan fingerprint density at radius 2 is 1.68 bits per heavy atom. The third-order valence-corrected chi connectivity index (χ3v) is 3.29. The summed E-state index contributed by atoms with van der Waals surface area (Å²) in [6, 6.07) is 15.5. The lowest BCUT2D eigenvalue weighted by molar-refractivity contribution is 0.0696. The Bertz CT molecular complexity index is 568. The van der Waals surface area contributed by atoms with Crippen LogP contribution in [0.15, 0.2) is 48.5 Å². The van der Waals surface area contributed by atoms with E-state index in [1.165, 1.54) is 5.56 Å². The predicted octanol–water partition coefficient (Wildman–Crippen LogP) is 4.10. The molecule has 0 saturated carbocycles. The highest BCUT2D eigenvalue weighted by atomic mass is 16.4. The van der Waals surface area contributed by atoms with Crippen LogP contribution in [0.1, 0.15) is 46.8 Å². The molecule has 0 atom stereocenters. The third kappa shape index (κ3) is 3.22. The van der Waals surface area contributed by atoms with Gasteiger partial charge in [-0.2, -0.15) is 0 Å². The minimum absolute atomic E-state index is 0.385. The highest BCUT2D eigenvalue weighted by Gasteiger charge is 2.09. The Labute approximate surface area is 113 Å². The first-order valence-corrected chi connectivity index (χ1v) is 6.48. The van der Waals surface area contributed by atoms with Crippen molar-refractivity contribution >= 4 is 5.97 Å². The first kappa shape index (κ1) is 13.3. The van der Waals surface area contributed by atoms with E-state index >= 15 is 0 Å². The van der Waals surface area contributed by atoms with Crippen molar-refractivity contribution in [2.24, 2.45) is 0 Å². The van der Waals surface area contributed by atoms with E-state index < -0.39 is 5.97 Å². The van der Waals surface area contributed by atoms with E-state index in [1.54, 1.807) is 12.1 Å². The number of rotatable bonds is 4. The van der Waals surface area contributed by atoms with Crippen LogP contribution in [0.4, 0.5) is 0 Å². The molecule has 0 aliphatic carbocycles. The summed E-state index contributed by atoms with van der Waals surface area (Å²) in [5, 5.41) is 9.16. The number of aromatic carboxylic acids is 1. The van der Waals surface area contributed by atoms with Crippen molar-refractivity contribution in [1.82, 2.24) is 0 Å². The van der Waals surface area contributed by atoms with Gasteiger partial charge in [-0.1, -0.05) is 56.3 Å². The molecule has 19 heavy (non-hydrogen) atoms. The molecule has 0 saturated heterocycles. The van der Waals surface area contributed by atoms with Crippen LogP contribution in [0, 0.1) is 0 Å². The molecule has 0 aliphatic rings. The summed E-state index contributed by atoms with van der Waals surface area (Å²) >= 11 is 0. The Balaban J connectivity index is 2.24. The summed E-state index contributed by atoms with van der Waals surface area (Å²) in [5.74, 6) is -0.352. The number of carbonyl (C=O) groups is 1. The normalized spacial score (nSPS) is 10.7. The standard InChI is InChI=1S/C17H18O2/c1-12(2)14-9-7-13(8-10-14)11-15-5-3-4-6-16(15)17(18)19/h3-10,12H,11H2,1-2H3,(H,18,19). The maximum atomic E-state index is 11.2. The molecule has 0 aromatic heterocycles. The van der Waals surface area contributed by atoms with E-state index in [0.29, 0.717) is 17.9 Å². The third-order valence-electron chi connectivity index (χ3n) is 3.29. The van der Waals surface area contributed by atoms with E-state index in [0.717, 1.165) is 11.1 Å². The van der Waals surface area contributed by atoms with Crippen LogP contribution < -0.4 is 0 Å². The summed E-state index contributed by atoms with van der Waals surface area (Å²) in [6.45, 7) is 4.32. The molecule has 2 aromatic carbocycles. The van der Waals surface area contributed by atoms with Crippen molar-refractivity contribution in [3.63, 3.8) is 0 Å². The van der Waals surface area contributed by atoms with Gasteiger partial charge in [-0.15, -0.1) is 0 Å². The molecule has 2 nitrogen and oxygen atoms in total. The van der Waals surface area contributed by atoms with Crippen molar-refractivity contribution in [3.8, 4) is 0 Å². The first-order valence-electron chi connectivity index (χ1n) is 6.48. The molecule has 2 rings (SSSR count). The summed E-state index contributed by atoms with van der Waals surface area (Å²) in [5.41, 5.74) is 3.68. The summed E-state index contributed by atoms with van der Waals surface area (Å²) in [7, 11) is 0. The zero-order valence-corrected chi connectivity index (χ0v) is 11.3.